The van der Waals surface area contributed by atoms with Crippen LogP contribution < -0.4 is 9.64 Å². The van der Waals surface area contributed by atoms with E-state index in [4.69, 9.17) is 4.74 Å². The van der Waals surface area contributed by atoms with Gasteiger partial charge in [-0.1, -0.05) is 0 Å². The van der Waals surface area contributed by atoms with E-state index in [1.165, 1.54) is 6.33 Å². The lowest BCUT2D eigenvalue weighted by Crippen LogP contribution is -2.46. The Morgan fingerprint density at radius 1 is 1.53 bits per heavy atom. The monoisotopic (exact) mass is 237 g/mol. The highest BCUT2D eigenvalue weighted by Crippen LogP contribution is 2.25. The maximum absolute atomic E-state index is 10.1. The van der Waals surface area contributed by atoms with Gasteiger partial charge < -0.3 is 14.7 Å². The van der Waals surface area contributed by atoms with Gasteiger partial charge in [0.1, 0.15) is 12.1 Å². The molecule has 0 radical (unpaired) electrons. The molecule has 0 spiro atoms. The molecule has 1 saturated heterocycles. The molecule has 94 valence electrons. The van der Waals surface area contributed by atoms with Gasteiger partial charge in [-0.3, -0.25) is 0 Å². The van der Waals surface area contributed by atoms with Crippen LogP contribution in [-0.2, 0) is 0 Å². The van der Waals surface area contributed by atoms with E-state index in [0.29, 0.717) is 19.0 Å². The van der Waals surface area contributed by atoms with Gasteiger partial charge in [-0.2, -0.15) is 0 Å². The van der Waals surface area contributed by atoms with Gasteiger partial charge in [-0.05, 0) is 26.7 Å². The van der Waals surface area contributed by atoms with E-state index < -0.39 is 5.60 Å². The Morgan fingerprint density at radius 2 is 2.35 bits per heavy atom. The minimum absolute atomic E-state index is 0.586. The summed E-state index contributed by atoms with van der Waals surface area (Å²) in [5, 5.41) is 10.1. The summed E-state index contributed by atoms with van der Waals surface area (Å²) in [6, 6.07) is 1.82. The molecule has 1 atom stereocenters. The molecule has 0 aliphatic carbocycles. The Bertz CT molecular complexity index is 382. The Hall–Kier alpha value is -1.36. The summed E-state index contributed by atoms with van der Waals surface area (Å²) in [4.78, 5) is 10.3. The molecule has 0 saturated carbocycles. The minimum Gasteiger partial charge on any atom is -0.478 e. The number of rotatable bonds is 3. The summed E-state index contributed by atoms with van der Waals surface area (Å²) in [6.45, 7) is 5.90. The topological polar surface area (TPSA) is 58.5 Å². The fourth-order valence-corrected chi connectivity index (χ4v) is 2.15. The molecular formula is C12H19N3O2. The first-order chi connectivity index (χ1) is 8.11. The summed E-state index contributed by atoms with van der Waals surface area (Å²) in [7, 11) is 0. The molecule has 1 N–H and O–H groups in total. The zero-order chi connectivity index (χ0) is 12.3. The molecule has 1 aliphatic rings. The van der Waals surface area contributed by atoms with Gasteiger partial charge in [0.2, 0.25) is 5.88 Å². The van der Waals surface area contributed by atoms with Crippen LogP contribution in [0.5, 0.6) is 5.88 Å². The molecule has 0 aromatic carbocycles. The van der Waals surface area contributed by atoms with E-state index in [1.807, 2.05) is 19.9 Å². The van der Waals surface area contributed by atoms with E-state index >= 15 is 0 Å². The van der Waals surface area contributed by atoms with Crippen molar-refractivity contribution in [1.29, 1.82) is 0 Å². The summed E-state index contributed by atoms with van der Waals surface area (Å²) < 4.78 is 5.35. The van der Waals surface area contributed by atoms with Crippen LogP contribution in [0.2, 0.25) is 0 Å². The van der Waals surface area contributed by atoms with E-state index in [0.717, 1.165) is 25.2 Å². The summed E-state index contributed by atoms with van der Waals surface area (Å²) in [6.07, 6.45) is 3.32. The van der Waals surface area contributed by atoms with Crippen LogP contribution in [0.4, 0.5) is 5.82 Å². The van der Waals surface area contributed by atoms with Crippen LogP contribution in [0, 0.1) is 0 Å². The number of hydrogen-bond donors (Lipinski definition) is 1. The molecule has 5 nitrogen and oxygen atoms in total. The highest BCUT2D eigenvalue weighted by atomic mass is 16.5. The Kier molecular flexibility index (Phi) is 3.47. The third-order valence-corrected chi connectivity index (χ3v) is 2.92. The van der Waals surface area contributed by atoms with E-state index in [1.54, 1.807) is 0 Å². The second-order valence-electron chi connectivity index (χ2n) is 4.67. The molecule has 0 amide bonds. The molecule has 2 rings (SSSR count). The van der Waals surface area contributed by atoms with E-state index in [9.17, 15) is 5.11 Å². The zero-order valence-corrected chi connectivity index (χ0v) is 10.4. The van der Waals surface area contributed by atoms with Gasteiger partial charge in [-0.25, -0.2) is 9.97 Å². The number of hydrogen-bond acceptors (Lipinski definition) is 5. The third-order valence-electron chi connectivity index (χ3n) is 2.92. The van der Waals surface area contributed by atoms with Crippen molar-refractivity contribution in [3.8, 4) is 5.88 Å². The lowest BCUT2D eigenvalue weighted by Gasteiger charge is -2.37. The molecule has 1 fully saturated rings. The van der Waals surface area contributed by atoms with Crippen molar-refractivity contribution in [3.63, 3.8) is 0 Å². The Morgan fingerprint density at radius 3 is 3.06 bits per heavy atom. The quantitative estimate of drug-likeness (QED) is 0.856. The average Bonchev–Trinajstić information content (AvgIpc) is 2.28. The fraction of sp³-hybridized carbons (Fsp3) is 0.667. The van der Waals surface area contributed by atoms with Crippen LogP contribution in [0.1, 0.15) is 26.7 Å². The van der Waals surface area contributed by atoms with Crippen LogP contribution >= 0.6 is 0 Å². The fourth-order valence-electron chi connectivity index (χ4n) is 2.15. The summed E-state index contributed by atoms with van der Waals surface area (Å²) >= 11 is 0. The van der Waals surface area contributed by atoms with Crippen molar-refractivity contribution in [1.82, 2.24) is 9.97 Å². The minimum atomic E-state index is -0.630. The lowest BCUT2D eigenvalue weighted by atomic mass is 9.95. The smallest absolute Gasteiger partial charge is 0.218 e. The number of ether oxygens (including phenoxy) is 1. The Labute approximate surface area is 101 Å². The van der Waals surface area contributed by atoms with Crippen molar-refractivity contribution in [2.45, 2.75) is 32.3 Å². The second kappa shape index (κ2) is 4.87. The normalized spacial score (nSPS) is 24.8. The standard InChI is InChI=1S/C12H19N3O2/c1-3-17-11-7-10(13-9-14-11)15-6-4-5-12(2,16)8-15/h7,9,16H,3-6,8H2,1-2H3. The predicted octanol–water partition coefficient (Wildman–Crippen LogP) is 1.23. The summed E-state index contributed by atoms with van der Waals surface area (Å²) in [5.74, 6) is 1.41. The number of anilines is 1. The highest BCUT2D eigenvalue weighted by molar-refractivity contribution is 5.41. The lowest BCUT2D eigenvalue weighted by molar-refractivity contribution is 0.0447. The first-order valence-electron chi connectivity index (χ1n) is 6.03. The molecule has 1 aromatic heterocycles. The van der Waals surface area contributed by atoms with Crippen LogP contribution in [0.3, 0.4) is 0 Å². The van der Waals surface area contributed by atoms with Crippen molar-refractivity contribution >= 4 is 5.82 Å². The van der Waals surface area contributed by atoms with Gasteiger partial charge in [0.25, 0.3) is 0 Å². The number of β-amino-alcohol motifs (C(OH)–C–C–N with tert-alkyl or cyclic N) is 1. The van der Waals surface area contributed by atoms with Gasteiger partial charge in [0.05, 0.1) is 12.2 Å². The van der Waals surface area contributed by atoms with Crippen LogP contribution in [0.15, 0.2) is 12.4 Å². The predicted molar refractivity (Wildman–Crippen MR) is 65.3 cm³/mol. The molecule has 5 heteroatoms. The molecule has 0 bridgehead atoms. The summed E-state index contributed by atoms with van der Waals surface area (Å²) in [5.41, 5.74) is -0.630. The molecule has 2 heterocycles. The number of aliphatic hydroxyl groups is 1. The largest absolute Gasteiger partial charge is 0.478 e. The number of aromatic nitrogens is 2. The zero-order valence-electron chi connectivity index (χ0n) is 10.4. The molecule has 1 aliphatic heterocycles. The van der Waals surface area contributed by atoms with E-state index in [-0.39, 0.29) is 0 Å². The van der Waals surface area contributed by atoms with Gasteiger partial charge in [-0.15, -0.1) is 0 Å². The van der Waals surface area contributed by atoms with E-state index in [2.05, 4.69) is 14.9 Å². The van der Waals surface area contributed by atoms with Gasteiger partial charge in [0, 0.05) is 19.2 Å². The molecule has 17 heavy (non-hydrogen) atoms. The van der Waals surface area contributed by atoms with Crippen molar-refractivity contribution in [2.75, 3.05) is 24.6 Å². The Balaban J connectivity index is 2.13. The van der Waals surface area contributed by atoms with Gasteiger partial charge >= 0.3 is 0 Å². The third kappa shape index (κ3) is 3.06. The van der Waals surface area contributed by atoms with Crippen LogP contribution in [0.25, 0.3) is 0 Å². The second-order valence-corrected chi connectivity index (χ2v) is 4.67. The highest BCUT2D eigenvalue weighted by Gasteiger charge is 2.29. The van der Waals surface area contributed by atoms with Crippen LogP contribution in [-0.4, -0.2) is 40.4 Å². The number of nitrogens with zero attached hydrogens (tertiary/aromatic N) is 3. The first kappa shape index (κ1) is 12.1. The van der Waals surface area contributed by atoms with Gasteiger partial charge in [0.15, 0.2) is 0 Å². The number of piperidine rings is 1. The molecule has 1 aromatic rings. The molecule has 1 unspecified atom stereocenters. The maximum atomic E-state index is 10.1. The van der Waals surface area contributed by atoms with Crippen molar-refractivity contribution in [3.05, 3.63) is 12.4 Å². The molecular weight excluding hydrogens is 218 g/mol. The SMILES string of the molecule is CCOc1cc(N2CCCC(C)(O)C2)ncn1. The maximum Gasteiger partial charge on any atom is 0.218 e. The van der Waals surface area contributed by atoms with Crippen molar-refractivity contribution < 1.29 is 9.84 Å². The average molecular weight is 237 g/mol. The van der Waals surface area contributed by atoms with Crippen molar-refractivity contribution in [2.24, 2.45) is 0 Å². The first-order valence-corrected chi connectivity index (χ1v) is 6.03.